The number of fused-ring (bicyclic) bond motifs is 1. The number of hydrogen-bond acceptors (Lipinski definition) is 4. The summed E-state index contributed by atoms with van der Waals surface area (Å²) in [6, 6.07) is 8.81. The fourth-order valence-corrected chi connectivity index (χ4v) is 4.19. The largest absolute Gasteiger partial charge is 0.352 e. The third-order valence-electron chi connectivity index (χ3n) is 6.13. The second-order valence-corrected chi connectivity index (χ2v) is 8.77. The van der Waals surface area contributed by atoms with Gasteiger partial charge < -0.3 is 15.0 Å². The third-order valence-corrected chi connectivity index (χ3v) is 6.38. The molecule has 2 aliphatic rings. The Kier molecular flexibility index (Phi) is 6.29. The van der Waals surface area contributed by atoms with Gasteiger partial charge >= 0.3 is 5.92 Å². The van der Waals surface area contributed by atoms with Crippen LogP contribution in [0.15, 0.2) is 42.5 Å². The monoisotopic (exact) mass is 491 g/mol. The molecule has 2 aliphatic heterocycles. The maximum Gasteiger partial charge on any atom is 0.349 e. The molecule has 1 fully saturated rings. The molecule has 6 radical (unpaired) electrons. The van der Waals surface area contributed by atoms with Gasteiger partial charge in [-0.2, -0.15) is 8.78 Å². The minimum absolute atomic E-state index is 0.103. The van der Waals surface area contributed by atoms with Crippen molar-refractivity contribution in [2.45, 2.75) is 36.7 Å². The highest BCUT2D eigenvalue weighted by Crippen LogP contribution is 2.35. The Hall–Kier alpha value is -3.14. The summed E-state index contributed by atoms with van der Waals surface area (Å²) >= 11 is 5.71. The van der Waals surface area contributed by atoms with Crippen LogP contribution in [0, 0.1) is 0 Å². The number of rotatable bonds is 5. The van der Waals surface area contributed by atoms with E-state index in [1.807, 2.05) is 0 Å². The minimum atomic E-state index is -3.87. The summed E-state index contributed by atoms with van der Waals surface area (Å²) < 4.78 is 29.2. The van der Waals surface area contributed by atoms with Crippen LogP contribution in [0.5, 0.6) is 0 Å². The first kappa shape index (κ1) is 25.0. The fraction of sp³-hybridized carbons (Fsp3) is 0.273. The molecule has 2 aromatic rings. The van der Waals surface area contributed by atoms with Crippen molar-refractivity contribution in [2.24, 2.45) is 0 Å². The Morgan fingerprint density at radius 1 is 1.14 bits per heavy atom. The molecular weight excluding hydrogens is 476 g/mol. The number of benzene rings is 2. The Bertz CT molecular complexity index is 1250. The normalized spacial score (nSPS) is 21.2. The van der Waals surface area contributed by atoms with Gasteiger partial charge in [0.15, 0.2) is 0 Å². The van der Waals surface area contributed by atoms with Gasteiger partial charge in [-0.1, -0.05) is 35.9 Å². The summed E-state index contributed by atoms with van der Waals surface area (Å²) in [6.07, 6.45) is -0.233. The first-order chi connectivity index (χ1) is 16.4. The predicted octanol–water partition coefficient (Wildman–Crippen LogP) is 1.47. The van der Waals surface area contributed by atoms with Gasteiger partial charge in [0.1, 0.15) is 15.7 Å². The molecule has 4 amide bonds. The summed E-state index contributed by atoms with van der Waals surface area (Å²) in [5.74, 6) is -8.90. The molecular formula is C22H15B3ClF2N3O4. The first-order valence-electron chi connectivity index (χ1n) is 10.4. The molecule has 0 saturated carbocycles. The molecule has 7 nitrogen and oxygen atoms in total. The molecule has 2 atom stereocenters. The summed E-state index contributed by atoms with van der Waals surface area (Å²) in [4.78, 5) is 51.0. The van der Waals surface area contributed by atoms with Crippen molar-refractivity contribution < 1.29 is 28.0 Å². The zero-order valence-electron chi connectivity index (χ0n) is 18.1. The molecule has 1 saturated heterocycles. The molecule has 2 aromatic carbocycles. The van der Waals surface area contributed by atoms with Crippen molar-refractivity contribution in [3.8, 4) is 0 Å². The number of nitrogens with zero attached hydrogens (tertiary/aromatic N) is 2. The van der Waals surface area contributed by atoms with Gasteiger partial charge in [0.05, 0.1) is 5.44 Å². The van der Waals surface area contributed by atoms with Gasteiger partial charge in [-0.25, -0.2) is 0 Å². The van der Waals surface area contributed by atoms with Crippen LogP contribution in [0.4, 0.5) is 8.78 Å². The lowest BCUT2D eigenvalue weighted by atomic mass is 9.68. The van der Waals surface area contributed by atoms with Gasteiger partial charge in [0, 0.05) is 35.1 Å². The predicted molar refractivity (Wildman–Crippen MR) is 124 cm³/mol. The zero-order valence-corrected chi connectivity index (χ0v) is 18.9. The van der Waals surface area contributed by atoms with E-state index in [-0.39, 0.29) is 35.5 Å². The molecule has 1 N–H and O–H groups in total. The van der Waals surface area contributed by atoms with E-state index < -0.39 is 46.5 Å². The van der Waals surface area contributed by atoms with Gasteiger partial charge in [0.25, 0.3) is 11.8 Å². The Morgan fingerprint density at radius 2 is 1.80 bits per heavy atom. The van der Waals surface area contributed by atoms with Crippen LogP contribution >= 0.6 is 11.6 Å². The smallest absolute Gasteiger partial charge is 0.349 e. The van der Waals surface area contributed by atoms with Crippen LogP contribution in [0.2, 0.25) is 5.02 Å². The highest BCUT2D eigenvalue weighted by atomic mass is 35.5. The number of imide groups is 1. The third kappa shape index (κ3) is 4.24. The topological polar surface area (TPSA) is 86.8 Å². The van der Waals surface area contributed by atoms with Gasteiger partial charge in [-0.15, -0.1) is 0 Å². The van der Waals surface area contributed by atoms with Crippen molar-refractivity contribution in [3.63, 3.8) is 0 Å². The molecule has 1 unspecified atom stereocenters. The van der Waals surface area contributed by atoms with Crippen molar-refractivity contribution in [3.05, 3.63) is 69.7 Å². The van der Waals surface area contributed by atoms with Gasteiger partial charge in [-0.3, -0.25) is 19.2 Å². The summed E-state index contributed by atoms with van der Waals surface area (Å²) in [5.41, 5.74) is -1.50. The number of piperidine rings is 1. The summed E-state index contributed by atoms with van der Waals surface area (Å²) in [6.45, 7) is -0.103. The molecule has 0 aromatic heterocycles. The highest BCUT2D eigenvalue weighted by molar-refractivity contribution is 6.38. The molecule has 4 rings (SSSR count). The molecule has 0 bridgehead atoms. The van der Waals surface area contributed by atoms with E-state index in [4.69, 9.17) is 35.3 Å². The van der Waals surface area contributed by atoms with E-state index in [9.17, 15) is 28.0 Å². The number of amides is 4. The van der Waals surface area contributed by atoms with Crippen LogP contribution in [-0.2, 0) is 26.9 Å². The lowest BCUT2D eigenvalue weighted by molar-refractivity contribution is -0.148. The van der Waals surface area contributed by atoms with E-state index in [1.54, 1.807) is 0 Å². The van der Waals surface area contributed by atoms with E-state index in [2.05, 4.69) is 5.32 Å². The van der Waals surface area contributed by atoms with Crippen LogP contribution in [0.25, 0.3) is 0 Å². The van der Waals surface area contributed by atoms with Crippen molar-refractivity contribution in [1.29, 1.82) is 0 Å². The highest BCUT2D eigenvalue weighted by Gasteiger charge is 2.49. The second-order valence-electron chi connectivity index (χ2n) is 8.33. The number of hydrogen-bond donors (Lipinski definition) is 1. The van der Waals surface area contributed by atoms with Gasteiger partial charge in [0.2, 0.25) is 19.8 Å². The Morgan fingerprint density at radius 3 is 2.46 bits per heavy atom. The average molecular weight is 491 g/mol. The summed E-state index contributed by atoms with van der Waals surface area (Å²) in [7, 11) is 17.7. The van der Waals surface area contributed by atoms with Crippen molar-refractivity contribution in [2.75, 3.05) is 0 Å². The number of carbonyl (C=O) groups is 4. The lowest BCUT2D eigenvalue weighted by Crippen LogP contribution is -2.64. The maximum atomic E-state index is 14.6. The van der Waals surface area contributed by atoms with Crippen molar-refractivity contribution >= 4 is 58.9 Å². The Labute approximate surface area is 208 Å². The average Bonchev–Trinajstić information content (AvgIpc) is 3.17. The standard InChI is InChI=1S/C22H15B3ClF2N3O4/c23-17(29-19(34)22(27,28)13-2-4-14(26)5-3-13)11-1-6-15-12(9-11)10-30(18(15)33)21(24)8-7-16(32)31(25)20(21)35/h1-6,9,17H,7-8,10H2,(H,29,34)/t17?,21-/m1/s1. The number of carbonyl (C=O) groups excluding carboxylic acids is 4. The fourth-order valence-electron chi connectivity index (χ4n) is 4.06. The maximum absolute atomic E-state index is 14.6. The van der Waals surface area contributed by atoms with E-state index >= 15 is 0 Å². The minimum Gasteiger partial charge on any atom is -0.352 e. The molecule has 172 valence electrons. The van der Waals surface area contributed by atoms with Crippen LogP contribution in [-0.4, -0.2) is 62.5 Å². The molecule has 2 heterocycles. The molecule has 13 heteroatoms. The second kappa shape index (κ2) is 8.82. The number of alkyl halides is 2. The quantitative estimate of drug-likeness (QED) is 0.507. The lowest BCUT2D eigenvalue weighted by Gasteiger charge is -2.43. The molecule has 0 aliphatic carbocycles. The molecule has 0 spiro atoms. The van der Waals surface area contributed by atoms with Gasteiger partial charge in [-0.05, 0) is 35.7 Å². The molecule has 35 heavy (non-hydrogen) atoms. The number of halogens is 3. The first-order valence-corrected chi connectivity index (χ1v) is 10.8. The van der Waals surface area contributed by atoms with Crippen molar-refractivity contribution in [1.82, 2.24) is 15.0 Å². The summed E-state index contributed by atoms with van der Waals surface area (Å²) in [5, 5.41) is 2.31. The zero-order chi connectivity index (χ0) is 25.7. The van der Waals surface area contributed by atoms with Crippen LogP contribution in [0.3, 0.4) is 0 Å². The van der Waals surface area contributed by atoms with E-state index in [0.717, 1.165) is 17.0 Å². The van der Waals surface area contributed by atoms with Crippen LogP contribution in [0.1, 0.15) is 45.8 Å². The van der Waals surface area contributed by atoms with Crippen LogP contribution < -0.4 is 5.32 Å². The van der Waals surface area contributed by atoms with E-state index in [1.165, 1.54) is 30.3 Å². The SMILES string of the molecule is [B]C(NC(=O)C(F)(F)c1ccc(Cl)cc1)c1ccc2c(c1)CN([C@]1([B])CCC(=O)N([B])C1=O)C2=O. The Balaban J connectivity index is 1.52. The number of nitrogens with one attached hydrogen (secondary N) is 1. The van der Waals surface area contributed by atoms with E-state index in [0.29, 0.717) is 10.4 Å².